The van der Waals surface area contributed by atoms with Gasteiger partial charge in [-0.25, -0.2) is 4.98 Å². The van der Waals surface area contributed by atoms with Crippen molar-refractivity contribution in [2.75, 3.05) is 13.7 Å². The third-order valence-corrected chi connectivity index (χ3v) is 5.04. The zero-order chi connectivity index (χ0) is 18.0. The molecule has 1 aromatic carbocycles. The van der Waals surface area contributed by atoms with Gasteiger partial charge in [-0.05, 0) is 25.1 Å². The summed E-state index contributed by atoms with van der Waals surface area (Å²) in [4.78, 5) is 29.3. The number of thiazole rings is 1. The number of rotatable bonds is 6. The molecule has 0 aliphatic heterocycles. The predicted octanol–water partition coefficient (Wildman–Crippen LogP) is 3.75. The maximum Gasteiger partial charge on any atom is 0.311 e. The van der Waals surface area contributed by atoms with Crippen LogP contribution in [0.2, 0.25) is 0 Å². The van der Waals surface area contributed by atoms with Crippen molar-refractivity contribution in [3.63, 3.8) is 0 Å². The van der Waals surface area contributed by atoms with Crippen LogP contribution in [0, 0.1) is 0 Å². The highest BCUT2D eigenvalue weighted by Crippen LogP contribution is 2.35. The van der Waals surface area contributed by atoms with Crippen LogP contribution in [0.5, 0.6) is 5.75 Å². The lowest BCUT2D eigenvalue weighted by molar-refractivity contribution is -0.142. The second kappa shape index (κ2) is 7.37. The zero-order valence-electron chi connectivity index (χ0n) is 13.6. The number of imidazole rings is 1. The Hall–Kier alpha value is -2.19. The van der Waals surface area contributed by atoms with Crippen LogP contribution in [0.3, 0.4) is 0 Å². The molecule has 0 radical (unpaired) electrons. The molecular weight excluding hydrogens is 408 g/mol. The fraction of sp³-hybridized carbons (Fsp3) is 0.235. The van der Waals surface area contributed by atoms with Gasteiger partial charge >= 0.3 is 5.97 Å². The van der Waals surface area contributed by atoms with Crippen LogP contribution in [-0.4, -0.2) is 35.4 Å². The average molecular weight is 423 g/mol. The van der Waals surface area contributed by atoms with E-state index in [4.69, 9.17) is 9.47 Å². The van der Waals surface area contributed by atoms with Crippen molar-refractivity contribution in [1.82, 2.24) is 9.38 Å². The number of halogens is 1. The number of esters is 1. The molecule has 8 heteroatoms. The first-order chi connectivity index (χ1) is 12.1. The summed E-state index contributed by atoms with van der Waals surface area (Å²) in [6, 6.07) is 5.53. The van der Waals surface area contributed by atoms with Gasteiger partial charge < -0.3 is 9.47 Å². The van der Waals surface area contributed by atoms with E-state index in [0.717, 1.165) is 21.2 Å². The molecule has 2 aromatic heterocycles. The number of aldehydes is 1. The molecule has 0 saturated heterocycles. The van der Waals surface area contributed by atoms with E-state index in [-0.39, 0.29) is 12.4 Å². The van der Waals surface area contributed by atoms with Crippen molar-refractivity contribution in [2.24, 2.45) is 0 Å². The number of nitrogens with zero attached hydrogens (tertiary/aromatic N) is 2. The molecule has 0 fully saturated rings. The summed E-state index contributed by atoms with van der Waals surface area (Å²) in [5.41, 5.74) is 1.68. The standard InChI is InChI=1S/C17H15BrN2O4S/c1-3-24-15(22)7-11-8-20-13(9-21)16(19-17(20)25-11)12-6-10(18)4-5-14(12)23-2/h4-6,8-9H,3,7H2,1-2H3. The Bertz CT molecular complexity index is 948. The highest BCUT2D eigenvalue weighted by molar-refractivity contribution is 9.10. The number of hydrogen-bond acceptors (Lipinski definition) is 6. The molecule has 0 unspecified atom stereocenters. The van der Waals surface area contributed by atoms with Crippen molar-refractivity contribution in [2.45, 2.75) is 13.3 Å². The lowest BCUT2D eigenvalue weighted by atomic mass is 10.1. The quantitative estimate of drug-likeness (QED) is 0.446. The SMILES string of the molecule is CCOC(=O)Cc1cn2c(C=O)c(-c3cc(Br)ccc3OC)nc2s1. The highest BCUT2D eigenvalue weighted by atomic mass is 79.9. The fourth-order valence-corrected chi connectivity index (χ4v) is 3.85. The van der Waals surface area contributed by atoms with Gasteiger partial charge in [-0.2, -0.15) is 0 Å². The second-order valence-corrected chi connectivity index (χ2v) is 7.15. The summed E-state index contributed by atoms with van der Waals surface area (Å²) in [6.07, 6.45) is 2.67. The van der Waals surface area contributed by atoms with Crippen molar-refractivity contribution in [1.29, 1.82) is 0 Å². The van der Waals surface area contributed by atoms with Gasteiger partial charge in [0.25, 0.3) is 0 Å². The summed E-state index contributed by atoms with van der Waals surface area (Å²) in [6.45, 7) is 2.11. The first-order valence-electron chi connectivity index (χ1n) is 7.52. The summed E-state index contributed by atoms with van der Waals surface area (Å²) >= 11 is 4.78. The van der Waals surface area contributed by atoms with Crippen LogP contribution >= 0.6 is 27.3 Å². The van der Waals surface area contributed by atoms with E-state index in [9.17, 15) is 9.59 Å². The molecule has 0 bridgehead atoms. The number of benzene rings is 1. The van der Waals surface area contributed by atoms with E-state index in [1.165, 1.54) is 11.3 Å². The molecule has 2 heterocycles. The lowest BCUT2D eigenvalue weighted by Crippen LogP contribution is -2.06. The van der Waals surface area contributed by atoms with E-state index < -0.39 is 0 Å². The number of carbonyl (C=O) groups is 2. The third-order valence-electron chi connectivity index (χ3n) is 3.56. The first kappa shape index (κ1) is 17.6. The van der Waals surface area contributed by atoms with Crippen molar-refractivity contribution < 1.29 is 19.1 Å². The Labute approximate surface area is 156 Å². The summed E-state index contributed by atoms with van der Waals surface area (Å²) in [5.74, 6) is 0.331. The van der Waals surface area contributed by atoms with Crippen molar-refractivity contribution in [3.8, 4) is 17.0 Å². The number of ether oxygens (including phenoxy) is 2. The Kier molecular flexibility index (Phi) is 5.19. The Morgan fingerprint density at radius 3 is 2.92 bits per heavy atom. The number of aromatic nitrogens is 2. The molecule has 0 N–H and O–H groups in total. The second-order valence-electron chi connectivity index (χ2n) is 5.14. The molecule has 0 amide bonds. The van der Waals surface area contributed by atoms with Gasteiger partial charge in [0.2, 0.25) is 0 Å². The van der Waals surface area contributed by atoms with E-state index in [1.807, 2.05) is 18.2 Å². The fourth-order valence-electron chi connectivity index (χ4n) is 2.52. The zero-order valence-corrected chi connectivity index (χ0v) is 16.0. The van der Waals surface area contributed by atoms with Gasteiger partial charge in [-0.15, -0.1) is 11.3 Å². The van der Waals surface area contributed by atoms with E-state index in [1.54, 1.807) is 24.6 Å². The maximum atomic E-state index is 11.7. The van der Waals surface area contributed by atoms with E-state index >= 15 is 0 Å². The largest absolute Gasteiger partial charge is 0.496 e. The van der Waals surface area contributed by atoms with Crippen LogP contribution in [0.25, 0.3) is 16.2 Å². The topological polar surface area (TPSA) is 69.9 Å². The van der Waals surface area contributed by atoms with Gasteiger partial charge in [-0.3, -0.25) is 14.0 Å². The number of methoxy groups -OCH3 is 1. The lowest BCUT2D eigenvalue weighted by Gasteiger charge is -2.07. The number of hydrogen-bond donors (Lipinski definition) is 0. The van der Waals surface area contributed by atoms with Gasteiger partial charge in [0.05, 0.1) is 20.1 Å². The minimum atomic E-state index is -0.298. The Morgan fingerprint density at radius 2 is 2.24 bits per heavy atom. The molecule has 0 saturated carbocycles. The van der Waals surface area contributed by atoms with Crippen LogP contribution in [-0.2, 0) is 16.0 Å². The minimum Gasteiger partial charge on any atom is -0.496 e. The van der Waals surface area contributed by atoms with Gasteiger partial charge in [0.1, 0.15) is 17.1 Å². The van der Waals surface area contributed by atoms with Crippen LogP contribution in [0.4, 0.5) is 0 Å². The Morgan fingerprint density at radius 1 is 1.44 bits per heavy atom. The molecule has 0 aliphatic rings. The number of fused-ring (bicyclic) bond motifs is 1. The van der Waals surface area contributed by atoms with Crippen LogP contribution in [0.1, 0.15) is 22.3 Å². The molecule has 0 aliphatic carbocycles. The molecule has 25 heavy (non-hydrogen) atoms. The van der Waals surface area contributed by atoms with Crippen LogP contribution < -0.4 is 4.74 Å². The summed E-state index contributed by atoms with van der Waals surface area (Å²) < 4.78 is 12.9. The molecule has 0 spiro atoms. The van der Waals surface area contributed by atoms with Crippen molar-refractivity contribution >= 4 is 44.5 Å². The molecule has 3 aromatic rings. The molecule has 6 nitrogen and oxygen atoms in total. The average Bonchev–Trinajstić information content (AvgIpc) is 3.11. The minimum absolute atomic E-state index is 0.162. The molecular formula is C17H15BrN2O4S. The normalized spacial score (nSPS) is 10.8. The predicted molar refractivity (Wildman–Crippen MR) is 98.5 cm³/mol. The van der Waals surface area contributed by atoms with Crippen molar-refractivity contribution in [3.05, 3.63) is 39.4 Å². The van der Waals surface area contributed by atoms with E-state index in [2.05, 4.69) is 20.9 Å². The van der Waals surface area contributed by atoms with Gasteiger partial charge in [-0.1, -0.05) is 15.9 Å². The van der Waals surface area contributed by atoms with Crippen LogP contribution in [0.15, 0.2) is 28.9 Å². The molecule has 130 valence electrons. The summed E-state index contributed by atoms with van der Waals surface area (Å²) in [5, 5.41) is 0. The monoisotopic (exact) mass is 422 g/mol. The number of carbonyl (C=O) groups excluding carboxylic acids is 2. The highest BCUT2D eigenvalue weighted by Gasteiger charge is 2.20. The Balaban J connectivity index is 2.07. The molecule has 0 atom stereocenters. The van der Waals surface area contributed by atoms with Gasteiger partial charge in [0, 0.05) is 21.1 Å². The van der Waals surface area contributed by atoms with E-state index in [0.29, 0.717) is 28.7 Å². The molecule has 3 rings (SSSR count). The summed E-state index contributed by atoms with van der Waals surface area (Å²) in [7, 11) is 1.57. The first-order valence-corrected chi connectivity index (χ1v) is 9.13. The smallest absolute Gasteiger partial charge is 0.311 e. The van der Waals surface area contributed by atoms with Gasteiger partial charge in [0.15, 0.2) is 11.2 Å². The maximum absolute atomic E-state index is 11.7. The third kappa shape index (κ3) is 3.45.